The molecule has 0 amide bonds. The van der Waals surface area contributed by atoms with Crippen molar-refractivity contribution in [2.75, 3.05) is 19.8 Å². The van der Waals surface area contributed by atoms with Crippen LogP contribution >= 0.6 is 0 Å². The van der Waals surface area contributed by atoms with Gasteiger partial charge in [-0.2, -0.15) is 5.10 Å². The monoisotopic (exact) mass is 237 g/mol. The summed E-state index contributed by atoms with van der Waals surface area (Å²) in [5.74, 6) is 0. The molecule has 1 heterocycles. The summed E-state index contributed by atoms with van der Waals surface area (Å²) in [6, 6.07) is 0.318. The van der Waals surface area contributed by atoms with Gasteiger partial charge in [0.1, 0.15) is 0 Å². The first-order chi connectivity index (χ1) is 8.27. The zero-order valence-electron chi connectivity index (χ0n) is 10.9. The van der Waals surface area contributed by atoms with Crippen LogP contribution in [0.3, 0.4) is 0 Å². The fourth-order valence-electron chi connectivity index (χ4n) is 1.51. The van der Waals surface area contributed by atoms with E-state index in [2.05, 4.69) is 37.0 Å². The average Bonchev–Trinajstić information content (AvgIpc) is 2.82. The lowest BCUT2D eigenvalue weighted by Gasteiger charge is -2.11. The van der Waals surface area contributed by atoms with Gasteiger partial charge in [-0.25, -0.2) is 0 Å². The SMILES string of the molecule is C=CCCOCCNC(C)c1cnn(CC)c1. The van der Waals surface area contributed by atoms with Crippen molar-refractivity contribution < 1.29 is 4.74 Å². The van der Waals surface area contributed by atoms with Crippen LogP contribution in [0.2, 0.25) is 0 Å². The number of nitrogens with zero attached hydrogens (tertiary/aromatic N) is 2. The number of hydrogen-bond acceptors (Lipinski definition) is 3. The molecule has 0 radical (unpaired) electrons. The van der Waals surface area contributed by atoms with Gasteiger partial charge < -0.3 is 10.1 Å². The summed E-state index contributed by atoms with van der Waals surface area (Å²) in [6.45, 7) is 11.1. The first kappa shape index (κ1) is 13.9. The van der Waals surface area contributed by atoms with Gasteiger partial charge in [-0.15, -0.1) is 6.58 Å². The number of hydrogen-bond donors (Lipinski definition) is 1. The second-order valence-corrected chi connectivity index (χ2v) is 3.99. The topological polar surface area (TPSA) is 39.1 Å². The van der Waals surface area contributed by atoms with E-state index in [1.807, 2.05) is 17.0 Å². The minimum absolute atomic E-state index is 0.318. The van der Waals surface area contributed by atoms with E-state index in [1.54, 1.807) is 0 Å². The molecule has 0 saturated carbocycles. The van der Waals surface area contributed by atoms with Crippen molar-refractivity contribution in [1.29, 1.82) is 0 Å². The van der Waals surface area contributed by atoms with Gasteiger partial charge in [0.25, 0.3) is 0 Å². The van der Waals surface area contributed by atoms with Gasteiger partial charge in [-0.3, -0.25) is 4.68 Å². The Kier molecular flexibility index (Phi) is 6.58. The van der Waals surface area contributed by atoms with E-state index in [0.717, 1.165) is 32.7 Å². The van der Waals surface area contributed by atoms with Crippen molar-refractivity contribution in [3.05, 3.63) is 30.6 Å². The van der Waals surface area contributed by atoms with Crippen LogP contribution in [0.15, 0.2) is 25.0 Å². The fraction of sp³-hybridized carbons (Fsp3) is 0.615. The quantitative estimate of drug-likeness (QED) is 0.528. The maximum absolute atomic E-state index is 5.43. The smallest absolute Gasteiger partial charge is 0.0591 e. The van der Waals surface area contributed by atoms with Crippen LogP contribution in [-0.4, -0.2) is 29.5 Å². The van der Waals surface area contributed by atoms with Crippen molar-refractivity contribution in [3.8, 4) is 0 Å². The summed E-state index contributed by atoms with van der Waals surface area (Å²) in [4.78, 5) is 0. The molecule has 1 rings (SSSR count). The van der Waals surface area contributed by atoms with E-state index in [9.17, 15) is 0 Å². The van der Waals surface area contributed by atoms with Crippen molar-refractivity contribution in [3.63, 3.8) is 0 Å². The third-order valence-corrected chi connectivity index (χ3v) is 2.64. The molecule has 0 aliphatic rings. The Labute approximate surface area is 104 Å². The third kappa shape index (κ3) is 5.15. The zero-order chi connectivity index (χ0) is 12.5. The molecule has 1 atom stereocenters. The molecule has 0 aliphatic heterocycles. The Morgan fingerprint density at radius 2 is 2.41 bits per heavy atom. The summed E-state index contributed by atoms with van der Waals surface area (Å²) in [5.41, 5.74) is 1.22. The third-order valence-electron chi connectivity index (χ3n) is 2.64. The number of nitrogens with one attached hydrogen (secondary N) is 1. The minimum atomic E-state index is 0.318. The summed E-state index contributed by atoms with van der Waals surface area (Å²) in [6.07, 6.45) is 6.78. The summed E-state index contributed by atoms with van der Waals surface area (Å²) < 4.78 is 7.37. The van der Waals surface area contributed by atoms with Gasteiger partial charge in [-0.05, 0) is 20.3 Å². The molecule has 0 bridgehead atoms. The molecular formula is C13H23N3O. The van der Waals surface area contributed by atoms with Crippen LogP contribution in [0.25, 0.3) is 0 Å². The second kappa shape index (κ2) is 8.03. The van der Waals surface area contributed by atoms with E-state index in [4.69, 9.17) is 4.74 Å². The number of aromatic nitrogens is 2. The Bertz CT molecular complexity index is 322. The molecule has 1 N–H and O–H groups in total. The van der Waals surface area contributed by atoms with Crippen molar-refractivity contribution in [1.82, 2.24) is 15.1 Å². The van der Waals surface area contributed by atoms with Crippen LogP contribution in [0, 0.1) is 0 Å². The normalized spacial score (nSPS) is 12.6. The molecule has 0 spiro atoms. The number of rotatable bonds is 9. The Hall–Kier alpha value is -1.13. The lowest BCUT2D eigenvalue weighted by Crippen LogP contribution is -2.23. The largest absolute Gasteiger partial charge is 0.380 e. The predicted octanol–water partition coefficient (Wildman–Crippen LogP) is 2.15. The Balaban J connectivity index is 2.16. The highest BCUT2D eigenvalue weighted by Gasteiger charge is 2.06. The molecule has 4 nitrogen and oxygen atoms in total. The molecule has 0 fully saturated rings. The average molecular weight is 237 g/mol. The summed E-state index contributed by atoms with van der Waals surface area (Å²) in [7, 11) is 0. The highest BCUT2D eigenvalue weighted by atomic mass is 16.5. The van der Waals surface area contributed by atoms with E-state index >= 15 is 0 Å². The molecule has 17 heavy (non-hydrogen) atoms. The molecule has 1 aromatic rings. The van der Waals surface area contributed by atoms with E-state index in [1.165, 1.54) is 5.56 Å². The maximum Gasteiger partial charge on any atom is 0.0591 e. The van der Waals surface area contributed by atoms with Crippen LogP contribution in [0.4, 0.5) is 0 Å². The maximum atomic E-state index is 5.43. The first-order valence-electron chi connectivity index (χ1n) is 6.22. The Morgan fingerprint density at radius 1 is 1.59 bits per heavy atom. The number of aryl methyl sites for hydroxylation is 1. The lowest BCUT2D eigenvalue weighted by atomic mass is 10.2. The molecule has 1 aromatic heterocycles. The summed E-state index contributed by atoms with van der Waals surface area (Å²) in [5, 5.41) is 7.67. The number of ether oxygens (including phenoxy) is 1. The van der Waals surface area contributed by atoms with Crippen LogP contribution in [0.1, 0.15) is 31.9 Å². The van der Waals surface area contributed by atoms with Gasteiger partial charge in [-0.1, -0.05) is 6.08 Å². The zero-order valence-corrected chi connectivity index (χ0v) is 10.9. The van der Waals surface area contributed by atoms with Gasteiger partial charge in [0, 0.05) is 30.9 Å². The van der Waals surface area contributed by atoms with E-state index in [0.29, 0.717) is 6.04 Å². The Morgan fingerprint density at radius 3 is 3.06 bits per heavy atom. The molecule has 1 unspecified atom stereocenters. The van der Waals surface area contributed by atoms with Crippen molar-refractivity contribution >= 4 is 0 Å². The predicted molar refractivity (Wildman–Crippen MR) is 70.0 cm³/mol. The first-order valence-corrected chi connectivity index (χ1v) is 6.22. The molecule has 0 aliphatic carbocycles. The van der Waals surface area contributed by atoms with Gasteiger partial charge in [0.2, 0.25) is 0 Å². The minimum Gasteiger partial charge on any atom is -0.380 e. The lowest BCUT2D eigenvalue weighted by molar-refractivity contribution is 0.138. The highest BCUT2D eigenvalue weighted by Crippen LogP contribution is 2.10. The fourth-order valence-corrected chi connectivity index (χ4v) is 1.51. The van der Waals surface area contributed by atoms with Crippen molar-refractivity contribution in [2.24, 2.45) is 0 Å². The molecule has 0 aromatic carbocycles. The molecular weight excluding hydrogens is 214 g/mol. The molecule has 0 saturated heterocycles. The van der Waals surface area contributed by atoms with E-state index < -0.39 is 0 Å². The van der Waals surface area contributed by atoms with Gasteiger partial charge in [0.15, 0.2) is 0 Å². The van der Waals surface area contributed by atoms with Crippen molar-refractivity contribution in [2.45, 2.75) is 32.9 Å². The van der Waals surface area contributed by atoms with Crippen LogP contribution in [0.5, 0.6) is 0 Å². The van der Waals surface area contributed by atoms with Crippen LogP contribution < -0.4 is 5.32 Å². The van der Waals surface area contributed by atoms with Crippen LogP contribution in [-0.2, 0) is 11.3 Å². The van der Waals surface area contributed by atoms with E-state index in [-0.39, 0.29) is 0 Å². The van der Waals surface area contributed by atoms with Gasteiger partial charge >= 0.3 is 0 Å². The molecule has 4 heteroatoms. The molecule has 96 valence electrons. The highest BCUT2D eigenvalue weighted by molar-refractivity contribution is 5.08. The summed E-state index contributed by atoms with van der Waals surface area (Å²) >= 11 is 0. The van der Waals surface area contributed by atoms with Gasteiger partial charge in [0.05, 0.1) is 19.4 Å². The standard InChI is InChI=1S/C13H23N3O/c1-4-6-8-17-9-7-14-12(3)13-10-15-16(5-2)11-13/h4,10-12,14H,1,5-9H2,2-3H3. The second-order valence-electron chi connectivity index (χ2n) is 3.99.